The van der Waals surface area contributed by atoms with Crippen molar-refractivity contribution in [3.05, 3.63) is 12.3 Å². The summed E-state index contributed by atoms with van der Waals surface area (Å²) in [6.07, 6.45) is 4.89. The van der Waals surface area contributed by atoms with Crippen LogP contribution in [-0.2, 0) is 9.53 Å². The van der Waals surface area contributed by atoms with Gasteiger partial charge in [0.15, 0.2) is 0 Å². The molecule has 9 heteroatoms. The Morgan fingerprint density at radius 2 is 2.07 bits per heavy atom. The van der Waals surface area contributed by atoms with Crippen molar-refractivity contribution in [3.8, 4) is 0 Å². The van der Waals surface area contributed by atoms with Crippen molar-refractivity contribution in [1.29, 1.82) is 0 Å². The summed E-state index contributed by atoms with van der Waals surface area (Å²) in [5, 5.41) is 6.66. The zero-order valence-electron chi connectivity index (χ0n) is 17.7. The lowest BCUT2D eigenvalue weighted by molar-refractivity contribution is -0.130. The van der Waals surface area contributed by atoms with Crippen LogP contribution in [0.5, 0.6) is 0 Å². The average molecular weight is 436 g/mol. The summed E-state index contributed by atoms with van der Waals surface area (Å²) in [5.41, 5.74) is 0. The second kappa shape index (κ2) is 8.57. The van der Waals surface area contributed by atoms with Gasteiger partial charge in [0.05, 0.1) is 12.0 Å². The second-order valence-electron chi connectivity index (χ2n) is 9.06. The molecule has 1 aromatic rings. The molecule has 0 spiro atoms. The highest BCUT2D eigenvalue weighted by Gasteiger charge is 2.41. The summed E-state index contributed by atoms with van der Waals surface area (Å²) in [6, 6.07) is 1.74. The van der Waals surface area contributed by atoms with E-state index >= 15 is 0 Å². The van der Waals surface area contributed by atoms with Crippen LogP contribution in [0.3, 0.4) is 0 Å². The number of nitrogens with zero attached hydrogens (tertiary/aromatic N) is 3. The smallest absolute Gasteiger partial charge is 0.415 e. The first-order chi connectivity index (χ1) is 14.3. The highest BCUT2D eigenvalue weighted by molar-refractivity contribution is 6.20. The fourth-order valence-corrected chi connectivity index (χ4v) is 5.21. The minimum absolute atomic E-state index is 0.0615. The Morgan fingerprint density at radius 3 is 2.83 bits per heavy atom. The van der Waals surface area contributed by atoms with Gasteiger partial charge in [0.2, 0.25) is 11.9 Å². The number of cyclic esters (lactones) is 1. The number of piperidine rings is 1. The fourth-order valence-electron chi connectivity index (χ4n) is 4.86. The van der Waals surface area contributed by atoms with E-state index in [1.807, 2.05) is 20.8 Å². The van der Waals surface area contributed by atoms with Crippen molar-refractivity contribution < 1.29 is 14.3 Å². The summed E-state index contributed by atoms with van der Waals surface area (Å²) in [5.74, 6) is 1.44. The summed E-state index contributed by atoms with van der Waals surface area (Å²) in [6.45, 7) is 6.43. The maximum Gasteiger partial charge on any atom is 0.415 e. The van der Waals surface area contributed by atoms with Gasteiger partial charge in [-0.2, -0.15) is 4.98 Å². The minimum Gasteiger partial charge on any atom is -0.447 e. The van der Waals surface area contributed by atoms with E-state index in [0.717, 1.165) is 25.7 Å². The number of nitrogens with one attached hydrogen (secondary N) is 2. The third-order valence-electron chi connectivity index (χ3n) is 6.66. The quantitative estimate of drug-likeness (QED) is 0.689. The molecule has 2 N–H and O–H groups in total. The maximum absolute atomic E-state index is 12.7. The molecule has 2 amide bonds. The van der Waals surface area contributed by atoms with Gasteiger partial charge in [0.1, 0.15) is 12.4 Å². The molecule has 1 aliphatic carbocycles. The molecule has 3 aliphatic rings. The number of anilines is 2. The van der Waals surface area contributed by atoms with Crippen LogP contribution in [0.1, 0.15) is 46.5 Å². The van der Waals surface area contributed by atoms with Gasteiger partial charge in [-0.15, -0.1) is 11.6 Å². The normalized spacial score (nSPS) is 32.4. The van der Waals surface area contributed by atoms with Crippen LogP contribution in [0, 0.1) is 17.8 Å². The van der Waals surface area contributed by atoms with E-state index in [9.17, 15) is 9.59 Å². The molecule has 8 nitrogen and oxygen atoms in total. The Bertz CT molecular complexity index is 807. The number of amides is 2. The third kappa shape index (κ3) is 4.19. The standard InChI is InChI=1S/C21H30ClN5O3/c1-11(2)17-10-30-21(29)27(17)18-6-7-23-20(26-18)24-12(3)15-9-13-8-14(22)4-5-16(13)25-19(15)28/h6-7,11-17H,4-5,8-10H2,1-3H3,(H,25,28)(H,23,24,26)/t12-,13?,14?,15?,16?,17+/m0/s1. The molecule has 3 fully saturated rings. The first kappa shape index (κ1) is 21.2. The average Bonchev–Trinajstić information content (AvgIpc) is 3.09. The van der Waals surface area contributed by atoms with E-state index in [2.05, 4.69) is 20.6 Å². The highest BCUT2D eigenvalue weighted by Crippen LogP contribution is 2.37. The molecule has 0 radical (unpaired) electrons. The zero-order valence-corrected chi connectivity index (χ0v) is 18.4. The summed E-state index contributed by atoms with van der Waals surface area (Å²) < 4.78 is 5.23. The van der Waals surface area contributed by atoms with Crippen LogP contribution in [0.4, 0.5) is 16.6 Å². The number of hydrogen-bond donors (Lipinski definition) is 2. The van der Waals surface area contributed by atoms with Gasteiger partial charge >= 0.3 is 6.09 Å². The van der Waals surface area contributed by atoms with Crippen LogP contribution in [0.15, 0.2) is 12.3 Å². The van der Waals surface area contributed by atoms with E-state index in [4.69, 9.17) is 16.3 Å². The summed E-state index contributed by atoms with van der Waals surface area (Å²) in [4.78, 5) is 35.4. The van der Waals surface area contributed by atoms with Gasteiger partial charge in [-0.3, -0.25) is 9.69 Å². The van der Waals surface area contributed by atoms with E-state index < -0.39 is 6.09 Å². The molecule has 1 aromatic heterocycles. The number of carbonyl (C=O) groups is 2. The number of rotatable bonds is 5. The van der Waals surface area contributed by atoms with Crippen LogP contribution >= 0.6 is 11.6 Å². The largest absolute Gasteiger partial charge is 0.447 e. The summed E-state index contributed by atoms with van der Waals surface area (Å²) >= 11 is 6.36. The Morgan fingerprint density at radius 1 is 1.27 bits per heavy atom. The lowest BCUT2D eigenvalue weighted by Gasteiger charge is -2.42. The maximum atomic E-state index is 12.7. The van der Waals surface area contributed by atoms with Crippen molar-refractivity contribution in [2.75, 3.05) is 16.8 Å². The van der Waals surface area contributed by atoms with Crippen molar-refractivity contribution in [2.45, 2.75) is 70.0 Å². The molecule has 1 saturated carbocycles. The van der Waals surface area contributed by atoms with Crippen LogP contribution in [0.25, 0.3) is 0 Å². The molecule has 4 rings (SSSR count). The number of aromatic nitrogens is 2. The van der Waals surface area contributed by atoms with Gasteiger partial charge in [0.25, 0.3) is 0 Å². The molecule has 4 unspecified atom stereocenters. The van der Waals surface area contributed by atoms with E-state index in [1.54, 1.807) is 17.2 Å². The number of hydrogen-bond acceptors (Lipinski definition) is 6. The topological polar surface area (TPSA) is 96.5 Å². The minimum atomic E-state index is -0.392. The third-order valence-corrected chi connectivity index (χ3v) is 7.06. The number of ether oxygens (including phenoxy) is 1. The molecule has 0 aromatic carbocycles. The van der Waals surface area contributed by atoms with Gasteiger partial charge in [-0.1, -0.05) is 13.8 Å². The Hall–Kier alpha value is -2.09. The van der Waals surface area contributed by atoms with Gasteiger partial charge in [-0.25, -0.2) is 9.78 Å². The molecule has 3 heterocycles. The number of fused-ring (bicyclic) bond motifs is 1. The van der Waals surface area contributed by atoms with Crippen LogP contribution in [-0.4, -0.2) is 52.1 Å². The molecule has 6 atom stereocenters. The van der Waals surface area contributed by atoms with E-state index in [1.165, 1.54) is 0 Å². The van der Waals surface area contributed by atoms with Crippen LogP contribution in [0.2, 0.25) is 0 Å². The van der Waals surface area contributed by atoms with Crippen LogP contribution < -0.4 is 15.5 Å². The Labute approximate surface area is 182 Å². The monoisotopic (exact) mass is 435 g/mol. The van der Waals surface area contributed by atoms with Crippen molar-refractivity contribution in [2.24, 2.45) is 17.8 Å². The molecular formula is C21H30ClN5O3. The molecule has 30 heavy (non-hydrogen) atoms. The van der Waals surface area contributed by atoms with Crippen molar-refractivity contribution >= 4 is 35.4 Å². The van der Waals surface area contributed by atoms with Crippen molar-refractivity contribution in [3.63, 3.8) is 0 Å². The lowest BCUT2D eigenvalue weighted by atomic mass is 9.74. The first-order valence-corrected chi connectivity index (χ1v) is 11.3. The molecule has 2 aliphatic heterocycles. The van der Waals surface area contributed by atoms with Crippen molar-refractivity contribution in [1.82, 2.24) is 15.3 Å². The molecule has 164 valence electrons. The van der Waals surface area contributed by atoms with E-state index in [0.29, 0.717) is 24.3 Å². The fraction of sp³-hybridized carbons (Fsp3) is 0.714. The van der Waals surface area contributed by atoms with E-state index in [-0.39, 0.29) is 41.2 Å². The molecule has 0 bridgehead atoms. The predicted octanol–water partition coefficient (Wildman–Crippen LogP) is 3.17. The predicted molar refractivity (Wildman–Crippen MR) is 115 cm³/mol. The van der Waals surface area contributed by atoms with Gasteiger partial charge < -0.3 is 15.4 Å². The highest BCUT2D eigenvalue weighted by atomic mass is 35.5. The molecular weight excluding hydrogens is 406 g/mol. The summed E-state index contributed by atoms with van der Waals surface area (Å²) in [7, 11) is 0. The zero-order chi connectivity index (χ0) is 21.4. The lowest BCUT2D eigenvalue weighted by Crippen LogP contribution is -2.55. The number of halogens is 1. The van der Waals surface area contributed by atoms with Gasteiger partial charge in [-0.05, 0) is 50.5 Å². The SMILES string of the molecule is CC(C)[C@H]1COC(=O)N1c1ccnc(N[C@@H](C)C2CC3CC(Cl)CCC3NC2=O)n1. The second-order valence-corrected chi connectivity index (χ2v) is 9.67. The van der Waals surface area contributed by atoms with Gasteiger partial charge in [0, 0.05) is 23.7 Å². The Kier molecular flexibility index (Phi) is 6.04. The Balaban J connectivity index is 1.46. The first-order valence-electron chi connectivity index (χ1n) is 10.8. The molecule has 2 saturated heterocycles. The number of alkyl halides is 1. The number of carbonyl (C=O) groups excluding carboxylic acids is 2.